The molecule has 0 radical (unpaired) electrons. The van der Waals surface area contributed by atoms with Gasteiger partial charge in [0.15, 0.2) is 0 Å². The zero-order valence-corrected chi connectivity index (χ0v) is 8.95. The fraction of sp³-hybridized carbons (Fsp3) is 0.300. The predicted octanol–water partition coefficient (Wildman–Crippen LogP) is 1.60. The van der Waals surface area contributed by atoms with Crippen LogP contribution < -0.4 is 5.32 Å². The molecular weight excluding hydrogens is 235 g/mol. The van der Waals surface area contributed by atoms with Crippen molar-refractivity contribution in [3.8, 4) is 0 Å². The van der Waals surface area contributed by atoms with E-state index in [1.54, 1.807) is 6.07 Å². The van der Waals surface area contributed by atoms with Crippen molar-refractivity contribution in [2.45, 2.75) is 19.6 Å². The normalized spacial score (nSPS) is 12.4. The SMILES string of the molecule is C/C(=C\C(=O)NCc1ncccn1)C(F)(F)F. The lowest BCUT2D eigenvalue weighted by Gasteiger charge is -2.06. The Morgan fingerprint density at radius 3 is 2.53 bits per heavy atom. The summed E-state index contributed by atoms with van der Waals surface area (Å²) in [5.41, 5.74) is -0.955. The number of aromatic nitrogens is 2. The zero-order chi connectivity index (χ0) is 12.9. The summed E-state index contributed by atoms with van der Waals surface area (Å²) in [5, 5.41) is 2.26. The first-order valence-electron chi connectivity index (χ1n) is 4.69. The maximum atomic E-state index is 12.1. The van der Waals surface area contributed by atoms with Crippen molar-refractivity contribution in [3.63, 3.8) is 0 Å². The van der Waals surface area contributed by atoms with Gasteiger partial charge in [0.25, 0.3) is 0 Å². The van der Waals surface area contributed by atoms with Crippen molar-refractivity contribution < 1.29 is 18.0 Å². The molecular formula is C10H10F3N3O. The quantitative estimate of drug-likeness (QED) is 0.823. The van der Waals surface area contributed by atoms with Gasteiger partial charge in [-0.15, -0.1) is 0 Å². The Bertz CT molecular complexity index is 415. The standard InChI is InChI=1S/C10H10F3N3O/c1-7(10(11,12)13)5-9(17)16-6-8-14-3-2-4-15-8/h2-5H,6H2,1H3,(H,16,17)/b7-5+. The Morgan fingerprint density at radius 1 is 1.41 bits per heavy atom. The number of carbonyl (C=O) groups excluding carboxylic acids is 1. The van der Waals surface area contributed by atoms with E-state index in [-0.39, 0.29) is 6.54 Å². The molecule has 1 aromatic heterocycles. The number of allylic oxidation sites excluding steroid dienone is 1. The Hall–Kier alpha value is -1.92. The highest BCUT2D eigenvalue weighted by molar-refractivity contribution is 5.88. The van der Waals surface area contributed by atoms with E-state index in [4.69, 9.17) is 0 Å². The molecule has 0 saturated heterocycles. The summed E-state index contributed by atoms with van der Waals surface area (Å²) in [6, 6.07) is 1.60. The van der Waals surface area contributed by atoms with Crippen LogP contribution in [-0.4, -0.2) is 22.1 Å². The highest BCUT2D eigenvalue weighted by Crippen LogP contribution is 2.24. The second kappa shape index (κ2) is 5.42. The molecule has 0 saturated carbocycles. The minimum absolute atomic E-state index is 0.0126. The van der Waals surface area contributed by atoms with Gasteiger partial charge in [-0.2, -0.15) is 13.2 Å². The molecule has 0 aliphatic rings. The first-order valence-corrected chi connectivity index (χ1v) is 4.69. The minimum Gasteiger partial charge on any atom is -0.345 e. The van der Waals surface area contributed by atoms with Crippen molar-refractivity contribution in [2.24, 2.45) is 0 Å². The lowest BCUT2D eigenvalue weighted by Crippen LogP contribution is -2.23. The number of alkyl halides is 3. The average Bonchev–Trinajstić information content (AvgIpc) is 2.26. The van der Waals surface area contributed by atoms with E-state index in [1.165, 1.54) is 12.4 Å². The van der Waals surface area contributed by atoms with Crippen molar-refractivity contribution in [3.05, 3.63) is 35.9 Å². The van der Waals surface area contributed by atoms with Gasteiger partial charge in [0.2, 0.25) is 5.91 Å². The number of amides is 1. The molecule has 0 unspecified atom stereocenters. The molecule has 4 nitrogen and oxygen atoms in total. The predicted molar refractivity (Wildman–Crippen MR) is 53.7 cm³/mol. The third-order valence-electron chi connectivity index (χ3n) is 1.83. The average molecular weight is 245 g/mol. The molecule has 0 aliphatic heterocycles. The molecule has 7 heteroatoms. The van der Waals surface area contributed by atoms with Crippen molar-refractivity contribution in [2.75, 3.05) is 0 Å². The first kappa shape index (κ1) is 13.1. The third-order valence-corrected chi connectivity index (χ3v) is 1.83. The minimum atomic E-state index is -4.49. The summed E-state index contributed by atoms with van der Waals surface area (Å²) in [4.78, 5) is 18.8. The van der Waals surface area contributed by atoms with Crippen LogP contribution in [0.25, 0.3) is 0 Å². The molecule has 92 valence electrons. The van der Waals surface area contributed by atoms with Gasteiger partial charge in [0, 0.05) is 24.0 Å². The first-order chi connectivity index (χ1) is 7.89. The molecule has 1 heterocycles. The number of hydrogen-bond donors (Lipinski definition) is 1. The largest absolute Gasteiger partial charge is 0.412 e. The number of halogens is 3. The molecule has 0 aromatic carbocycles. The Kier molecular flexibility index (Phi) is 4.19. The summed E-state index contributed by atoms with van der Waals surface area (Å²) < 4.78 is 36.3. The van der Waals surface area contributed by atoms with E-state index >= 15 is 0 Å². The number of carbonyl (C=O) groups is 1. The van der Waals surface area contributed by atoms with Gasteiger partial charge in [-0.25, -0.2) is 9.97 Å². The molecule has 1 amide bonds. The lowest BCUT2D eigenvalue weighted by atomic mass is 10.2. The molecule has 1 aromatic rings. The van der Waals surface area contributed by atoms with E-state index in [2.05, 4.69) is 15.3 Å². The van der Waals surface area contributed by atoms with Gasteiger partial charge in [0.05, 0.1) is 6.54 Å². The zero-order valence-electron chi connectivity index (χ0n) is 8.95. The highest BCUT2D eigenvalue weighted by Gasteiger charge is 2.30. The van der Waals surface area contributed by atoms with Crippen LogP contribution in [0.1, 0.15) is 12.7 Å². The third kappa shape index (κ3) is 4.62. The monoisotopic (exact) mass is 245 g/mol. The maximum Gasteiger partial charge on any atom is 0.412 e. The number of nitrogens with one attached hydrogen (secondary N) is 1. The topological polar surface area (TPSA) is 54.9 Å². The Balaban J connectivity index is 2.52. The van der Waals surface area contributed by atoms with Crippen molar-refractivity contribution in [1.29, 1.82) is 0 Å². The lowest BCUT2D eigenvalue weighted by molar-refractivity contribution is -0.118. The summed E-state index contributed by atoms with van der Waals surface area (Å²) in [6.07, 6.45) is -1.03. The molecule has 0 atom stereocenters. The number of rotatable bonds is 3. The molecule has 0 fully saturated rings. The van der Waals surface area contributed by atoms with Gasteiger partial charge in [0.1, 0.15) is 5.82 Å². The van der Waals surface area contributed by atoms with E-state index < -0.39 is 17.7 Å². The summed E-state index contributed by atoms with van der Waals surface area (Å²) in [5.74, 6) is -0.494. The Morgan fingerprint density at radius 2 is 2.00 bits per heavy atom. The van der Waals surface area contributed by atoms with Crippen molar-refractivity contribution in [1.82, 2.24) is 15.3 Å². The van der Waals surface area contributed by atoms with Gasteiger partial charge in [-0.3, -0.25) is 4.79 Å². The highest BCUT2D eigenvalue weighted by atomic mass is 19.4. The second-order valence-corrected chi connectivity index (χ2v) is 3.21. The van der Waals surface area contributed by atoms with Crippen LogP contribution in [0.15, 0.2) is 30.1 Å². The summed E-state index contributed by atoms with van der Waals surface area (Å²) in [6.45, 7) is 0.819. The maximum absolute atomic E-state index is 12.1. The van der Waals surface area contributed by atoms with Crippen LogP contribution in [0.5, 0.6) is 0 Å². The fourth-order valence-electron chi connectivity index (χ4n) is 0.917. The van der Waals surface area contributed by atoms with E-state index in [0.717, 1.165) is 6.92 Å². The van der Waals surface area contributed by atoms with Gasteiger partial charge < -0.3 is 5.32 Å². The molecule has 1 N–H and O–H groups in total. The van der Waals surface area contributed by atoms with Gasteiger partial charge in [-0.1, -0.05) is 0 Å². The molecule has 0 spiro atoms. The summed E-state index contributed by atoms with van der Waals surface area (Å²) in [7, 11) is 0. The van der Waals surface area contributed by atoms with Crippen LogP contribution >= 0.6 is 0 Å². The fourth-order valence-corrected chi connectivity index (χ4v) is 0.917. The molecule has 0 bridgehead atoms. The molecule has 1 rings (SSSR count). The van der Waals surface area contributed by atoms with E-state index in [1.807, 2.05) is 0 Å². The van der Waals surface area contributed by atoms with Crippen LogP contribution in [-0.2, 0) is 11.3 Å². The van der Waals surface area contributed by atoms with Gasteiger partial charge in [-0.05, 0) is 13.0 Å². The Labute approximate surface area is 95.6 Å². The van der Waals surface area contributed by atoms with E-state index in [9.17, 15) is 18.0 Å². The summed E-state index contributed by atoms with van der Waals surface area (Å²) >= 11 is 0. The number of nitrogens with zero attached hydrogens (tertiary/aromatic N) is 2. The molecule has 17 heavy (non-hydrogen) atoms. The number of hydrogen-bond acceptors (Lipinski definition) is 3. The second-order valence-electron chi connectivity index (χ2n) is 3.21. The van der Waals surface area contributed by atoms with Crippen LogP contribution in [0, 0.1) is 0 Å². The van der Waals surface area contributed by atoms with Gasteiger partial charge >= 0.3 is 6.18 Å². The van der Waals surface area contributed by atoms with Crippen LogP contribution in [0.4, 0.5) is 13.2 Å². The van der Waals surface area contributed by atoms with Crippen LogP contribution in [0.3, 0.4) is 0 Å². The van der Waals surface area contributed by atoms with Crippen molar-refractivity contribution >= 4 is 5.91 Å². The molecule has 0 aliphatic carbocycles. The van der Waals surface area contributed by atoms with E-state index in [0.29, 0.717) is 11.9 Å². The van der Waals surface area contributed by atoms with Crippen LogP contribution in [0.2, 0.25) is 0 Å². The smallest absolute Gasteiger partial charge is 0.345 e.